The van der Waals surface area contributed by atoms with E-state index in [0.717, 1.165) is 20.8 Å². The number of nitrogens with zero attached hydrogens (tertiary/aromatic N) is 1. The summed E-state index contributed by atoms with van der Waals surface area (Å²) < 4.78 is 40.9. The first kappa shape index (κ1) is 36.6. The lowest BCUT2D eigenvalue weighted by molar-refractivity contribution is -0.267. The fourth-order valence-electron chi connectivity index (χ4n) is 6.48. The summed E-state index contributed by atoms with van der Waals surface area (Å²) in [7, 11) is 2.53. The molecule has 2 aromatic carbocycles. The van der Waals surface area contributed by atoms with Gasteiger partial charge in [-0.25, -0.2) is 0 Å². The fraction of sp³-hybridized carbons (Fsp3) is 0.389. The van der Waals surface area contributed by atoms with Gasteiger partial charge >= 0.3 is 35.8 Å². The van der Waals surface area contributed by atoms with E-state index < -0.39 is 73.1 Å². The minimum atomic E-state index is -1.47. The zero-order valence-electron chi connectivity index (χ0n) is 28.9. The lowest BCUT2D eigenvalue weighted by Gasteiger charge is -2.45. The van der Waals surface area contributed by atoms with Crippen LogP contribution in [0.4, 0.5) is 0 Å². The summed E-state index contributed by atoms with van der Waals surface area (Å²) in [5.41, 5.74) is 2.88. The predicted molar refractivity (Wildman–Crippen MR) is 178 cm³/mol. The van der Waals surface area contributed by atoms with E-state index in [4.69, 9.17) is 33.2 Å². The average molecular weight is 707 g/mol. The van der Waals surface area contributed by atoms with Crippen molar-refractivity contribution in [3.63, 3.8) is 0 Å². The van der Waals surface area contributed by atoms with Gasteiger partial charge in [-0.3, -0.25) is 28.8 Å². The van der Waals surface area contributed by atoms with Crippen molar-refractivity contribution in [1.29, 1.82) is 0 Å². The Balaban J connectivity index is 1.89. The second kappa shape index (κ2) is 15.5. The minimum Gasteiger partial charge on any atom is -0.469 e. The van der Waals surface area contributed by atoms with Gasteiger partial charge in [0.1, 0.15) is 12.7 Å². The SMILES string of the molecule is COC(=O)Cc1c(-c2c(CC(=O)OC)c3ccccc3n2C2OC(COC(C)=O)C(OC(C)=O)C(OC(C)=O)C2OC(C)=O)[nH]c2ccccc12. The molecule has 1 saturated heterocycles. The number of fused-ring (bicyclic) bond motifs is 2. The van der Waals surface area contributed by atoms with Crippen molar-refractivity contribution in [1.82, 2.24) is 9.55 Å². The minimum absolute atomic E-state index is 0.173. The highest BCUT2D eigenvalue weighted by atomic mass is 16.7. The van der Waals surface area contributed by atoms with Gasteiger partial charge in [-0.1, -0.05) is 36.4 Å². The van der Waals surface area contributed by atoms with Crippen LogP contribution < -0.4 is 0 Å². The van der Waals surface area contributed by atoms with E-state index in [2.05, 4.69) is 4.98 Å². The van der Waals surface area contributed by atoms with E-state index in [1.807, 2.05) is 24.3 Å². The van der Waals surface area contributed by atoms with Gasteiger partial charge in [0, 0.05) is 44.0 Å². The van der Waals surface area contributed by atoms with E-state index in [9.17, 15) is 28.8 Å². The molecule has 0 spiro atoms. The normalized spacial score (nSPS) is 20.0. The molecule has 0 aliphatic carbocycles. The van der Waals surface area contributed by atoms with Gasteiger partial charge in [-0.15, -0.1) is 0 Å². The summed E-state index contributed by atoms with van der Waals surface area (Å²) in [5, 5.41) is 1.27. The van der Waals surface area contributed by atoms with Crippen molar-refractivity contribution in [3.8, 4) is 11.4 Å². The number of hydrogen-bond donors (Lipinski definition) is 1. The zero-order valence-corrected chi connectivity index (χ0v) is 28.9. The molecule has 51 heavy (non-hydrogen) atoms. The predicted octanol–water partition coefficient (Wildman–Crippen LogP) is 3.48. The van der Waals surface area contributed by atoms with Gasteiger partial charge in [0.25, 0.3) is 0 Å². The van der Waals surface area contributed by atoms with Crippen molar-refractivity contribution in [2.24, 2.45) is 0 Å². The third kappa shape index (κ3) is 7.72. The Morgan fingerprint density at radius 2 is 1.24 bits per heavy atom. The highest BCUT2D eigenvalue weighted by Crippen LogP contribution is 2.44. The number of benzene rings is 2. The summed E-state index contributed by atoms with van der Waals surface area (Å²) in [6, 6.07) is 14.3. The number of aromatic nitrogens is 2. The van der Waals surface area contributed by atoms with Crippen LogP contribution in [-0.4, -0.2) is 90.6 Å². The van der Waals surface area contributed by atoms with Gasteiger partial charge in [-0.2, -0.15) is 0 Å². The maximum Gasteiger partial charge on any atom is 0.310 e. The number of methoxy groups -OCH3 is 2. The number of carbonyl (C=O) groups is 6. The summed E-state index contributed by atoms with van der Waals surface area (Å²) in [6.07, 6.45) is -7.38. The second-order valence-corrected chi connectivity index (χ2v) is 11.8. The Hall–Kier alpha value is -5.70. The van der Waals surface area contributed by atoms with Crippen molar-refractivity contribution in [2.75, 3.05) is 20.8 Å². The number of ether oxygens (including phenoxy) is 7. The molecule has 270 valence electrons. The Bertz CT molecular complexity index is 1990. The molecule has 1 aliphatic heterocycles. The van der Waals surface area contributed by atoms with Crippen molar-refractivity contribution in [2.45, 2.75) is 71.2 Å². The van der Waals surface area contributed by atoms with E-state index in [1.54, 1.807) is 28.8 Å². The molecule has 5 rings (SSSR count). The Morgan fingerprint density at radius 3 is 1.84 bits per heavy atom. The van der Waals surface area contributed by atoms with Crippen LogP contribution in [0, 0.1) is 0 Å². The third-order valence-corrected chi connectivity index (χ3v) is 8.38. The van der Waals surface area contributed by atoms with Crippen LogP contribution in [0.2, 0.25) is 0 Å². The van der Waals surface area contributed by atoms with Gasteiger partial charge in [-0.05, 0) is 23.3 Å². The van der Waals surface area contributed by atoms with Crippen LogP contribution in [0.15, 0.2) is 48.5 Å². The molecule has 4 aromatic rings. The number of aromatic amines is 1. The van der Waals surface area contributed by atoms with Crippen LogP contribution in [0.5, 0.6) is 0 Å². The number of carbonyl (C=O) groups excluding carboxylic acids is 6. The third-order valence-electron chi connectivity index (χ3n) is 8.38. The van der Waals surface area contributed by atoms with Crippen LogP contribution in [-0.2, 0) is 74.8 Å². The van der Waals surface area contributed by atoms with E-state index >= 15 is 0 Å². The first-order valence-electron chi connectivity index (χ1n) is 16.0. The molecule has 0 radical (unpaired) electrons. The summed E-state index contributed by atoms with van der Waals surface area (Å²) >= 11 is 0. The fourth-order valence-corrected chi connectivity index (χ4v) is 6.48. The molecule has 15 heteroatoms. The van der Waals surface area contributed by atoms with Crippen molar-refractivity contribution in [3.05, 3.63) is 59.7 Å². The number of rotatable bonds is 11. The van der Waals surface area contributed by atoms with E-state index in [-0.39, 0.29) is 12.8 Å². The van der Waals surface area contributed by atoms with Crippen LogP contribution in [0.1, 0.15) is 45.0 Å². The summed E-state index contributed by atoms with van der Waals surface area (Å²) in [4.78, 5) is 79.0. The topological polar surface area (TPSA) is 188 Å². The van der Waals surface area contributed by atoms with Crippen molar-refractivity contribution < 1.29 is 61.9 Å². The quantitative estimate of drug-likeness (QED) is 0.177. The van der Waals surface area contributed by atoms with E-state index in [1.165, 1.54) is 21.1 Å². The number of nitrogens with one attached hydrogen (secondary N) is 1. The molecule has 0 saturated carbocycles. The molecule has 0 bridgehead atoms. The summed E-state index contributed by atoms with van der Waals surface area (Å²) in [6.45, 7) is 4.16. The molecule has 3 heterocycles. The smallest absolute Gasteiger partial charge is 0.310 e. The monoisotopic (exact) mass is 706 g/mol. The second-order valence-electron chi connectivity index (χ2n) is 11.8. The van der Waals surface area contributed by atoms with Crippen LogP contribution in [0.25, 0.3) is 33.2 Å². The summed E-state index contributed by atoms with van der Waals surface area (Å²) in [5.74, 6) is -4.12. The highest BCUT2D eigenvalue weighted by molar-refractivity contribution is 6.00. The lowest BCUT2D eigenvalue weighted by atomic mass is 9.96. The standard InChI is InChI=1S/C36H38N2O13/c1-18(39)47-17-28-33(48-19(2)40)34(49-20(3)41)35(50-21(4)42)36(51-28)38-27-14-10-8-12-23(27)25(16-30(44)46-6)32(38)31-24(15-29(43)45-5)22-11-7-9-13-26(22)37-31/h7-14,28,33-37H,15-17H2,1-6H3. The zero-order chi connectivity index (χ0) is 37.0. The van der Waals surface area contributed by atoms with Crippen LogP contribution >= 0.6 is 0 Å². The van der Waals surface area contributed by atoms with Crippen LogP contribution in [0.3, 0.4) is 0 Å². The first-order chi connectivity index (χ1) is 24.3. The van der Waals surface area contributed by atoms with Gasteiger partial charge in [0.2, 0.25) is 0 Å². The first-order valence-corrected chi connectivity index (χ1v) is 16.0. The van der Waals surface area contributed by atoms with E-state index in [0.29, 0.717) is 44.3 Å². The largest absolute Gasteiger partial charge is 0.469 e. The Morgan fingerprint density at radius 1 is 0.686 bits per heavy atom. The number of esters is 6. The highest BCUT2D eigenvalue weighted by Gasteiger charge is 2.53. The molecule has 5 atom stereocenters. The lowest BCUT2D eigenvalue weighted by Crippen LogP contribution is -2.60. The number of H-pyrrole nitrogens is 1. The number of para-hydroxylation sites is 2. The molecule has 1 N–H and O–H groups in total. The maximum atomic E-state index is 13.0. The molecular formula is C36H38N2O13. The Labute approximate surface area is 292 Å². The Kier molecular flexibility index (Phi) is 11.1. The van der Waals surface area contributed by atoms with Gasteiger partial charge in [0.05, 0.1) is 44.0 Å². The van der Waals surface area contributed by atoms with Gasteiger partial charge in [0.15, 0.2) is 24.5 Å². The molecule has 5 unspecified atom stereocenters. The maximum absolute atomic E-state index is 13.0. The molecule has 1 aliphatic rings. The van der Waals surface area contributed by atoms with Crippen molar-refractivity contribution >= 4 is 57.6 Å². The van der Waals surface area contributed by atoms with Gasteiger partial charge < -0.3 is 42.7 Å². The molecular weight excluding hydrogens is 668 g/mol. The molecule has 2 aromatic heterocycles. The molecule has 0 amide bonds. The molecule has 1 fully saturated rings. The average Bonchev–Trinajstić information content (AvgIpc) is 3.59. The molecule has 15 nitrogen and oxygen atoms in total. The number of hydrogen-bond acceptors (Lipinski definition) is 13.